The second kappa shape index (κ2) is 10.5. The van der Waals surface area contributed by atoms with Crippen molar-refractivity contribution in [2.45, 2.75) is 19.9 Å². The van der Waals surface area contributed by atoms with E-state index in [0.717, 1.165) is 0 Å². The summed E-state index contributed by atoms with van der Waals surface area (Å²) in [6, 6.07) is 4.60. The predicted octanol–water partition coefficient (Wildman–Crippen LogP) is 2.08. The van der Waals surface area contributed by atoms with E-state index in [1.807, 2.05) is 0 Å². The number of aromatic nitrogens is 1. The van der Waals surface area contributed by atoms with Crippen molar-refractivity contribution in [3.8, 4) is 0 Å². The number of nitrogens with zero attached hydrogens (tertiary/aromatic N) is 3. The van der Waals surface area contributed by atoms with E-state index in [2.05, 4.69) is 9.88 Å². The van der Waals surface area contributed by atoms with Gasteiger partial charge in [-0.1, -0.05) is 12.1 Å². The largest absolute Gasteiger partial charge is 0.507 e. The normalized spacial score (nSPS) is 19.9. The average molecular weight is 513 g/mol. The van der Waals surface area contributed by atoms with Gasteiger partial charge in [0.1, 0.15) is 11.5 Å². The van der Waals surface area contributed by atoms with Crippen molar-refractivity contribution in [3.05, 3.63) is 68.0 Å². The number of hydrogen-bond donors (Lipinski definition) is 2. The van der Waals surface area contributed by atoms with Crippen molar-refractivity contribution >= 4 is 29.1 Å². The lowest BCUT2D eigenvalue weighted by atomic mass is 9.93. The quantitative estimate of drug-likeness (QED) is 0.142. The number of hydrogen-bond acceptors (Lipinski definition) is 9. The predicted molar refractivity (Wildman–Crippen MR) is 131 cm³/mol. The number of aromatic amines is 1. The van der Waals surface area contributed by atoms with Gasteiger partial charge in [-0.25, -0.2) is 4.79 Å². The van der Waals surface area contributed by atoms with Gasteiger partial charge in [0.25, 0.3) is 17.4 Å². The Morgan fingerprint density at radius 1 is 1.24 bits per heavy atom. The van der Waals surface area contributed by atoms with Crippen LogP contribution in [0.4, 0.5) is 5.69 Å². The molecule has 0 saturated carbocycles. The number of carbonyl (C=O) groups excluding carboxylic acids is 3. The van der Waals surface area contributed by atoms with Crippen LogP contribution in [-0.4, -0.2) is 89.0 Å². The number of amides is 1. The number of methoxy groups -OCH3 is 1. The molecule has 2 N–H and O–H groups in total. The van der Waals surface area contributed by atoms with Gasteiger partial charge in [0, 0.05) is 49.6 Å². The SMILES string of the molecule is COC(=O)c1[nH]c(C)c(/C(O)=C2\C(=O)C(=O)N(CCN3CCOCC3)[C@H]2c2cccc([N+](=O)[O-])c2)c1C. The molecule has 0 bridgehead atoms. The Kier molecular flexibility index (Phi) is 7.41. The molecule has 1 amide bonds. The smallest absolute Gasteiger partial charge is 0.354 e. The lowest BCUT2D eigenvalue weighted by Gasteiger charge is -2.31. The molecular formula is C25H28N4O8. The van der Waals surface area contributed by atoms with E-state index in [9.17, 15) is 29.6 Å². The van der Waals surface area contributed by atoms with E-state index in [1.54, 1.807) is 19.9 Å². The number of morpholine rings is 1. The van der Waals surface area contributed by atoms with Crippen LogP contribution in [0.25, 0.3) is 5.76 Å². The summed E-state index contributed by atoms with van der Waals surface area (Å²) in [4.78, 5) is 55.9. The van der Waals surface area contributed by atoms with Crippen LogP contribution in [0.2, 0.25) is 0 Å². The van der Waals surface area contributed by atoms with Crippen molar-refractivity contribution in [3.63, 3.8) is 0 Å². The molecule has 1 aromatic carbocycles. The number of aryl methyl sites for hydroxylation is 1. The highest BCUT2D eigenvalue weighted by Crippen LogP contribution is 2.41. The number of nitro benzene ring substituents is 1. The van der Waals surface area contributed by atoms with Gasteiger partial charge in [-0.15, -0.1) is 0 Å². The Morgan fingerprint density at radius 3 is 2.59 bits per heavy atom. The fourth-order valence-corrected chi connectivity index (χ4v) is 4.89. The van der Waals surface area contributed by atoms with Crippen LogP contribution in [0.1, 0.15) is 38.9 Å². The second-order valence-electron chi connectivity index (χ2n) is 8.92. The summed E-state index contributed by atoms with van der Waals surface area (Å²) in [5, 5.41) is 22.9. The van der Waals surface area contributed by atoms with E-state index < -0.39 is 34.4 Å². The zero-order valence-corrected chi connectivity index (χ0v) is 20.8. The summed E-state index contributed by atoms with van der Waals surface area (Å²) in [7, 11) is 1.22. The zero-order chi connectivity index (χ0) is 26.9. The van der Waals surface area contributed by atoms with Gasteiger partial charge in [-0.2, -0.15) is 0 Å². The number of nitrogens with one attached hydrogen (secondary N) is 1. The molecule has 2 aliphatic heterocycles. The maximum atomic E-state index is 13.3. The van der Waals surface area contributed by atoms with Crippen LogP contribution in [0, 0.1) is 24.0 Å². The van der Waals surface area contributed by atoms with Crippen LogP contribution in [0.3, 0.4) is 0 Å². The third kappa shape index (κ3) is 4.85. The van der Waals surface area contributed by atoms with Gasteiger partial charge in [-0.05, 0) is 25.0 Å². The number of esters is 1. The number of non-ortho nitro benzene ring substituents is 1. The third-order valence-electron chi connectivity index (χ3n) is 6.76. The molecule has 2 saturated heterocycles. The number of benzene rings is 1. The fraction of sp³-hybridized carbons (Fsp3) is 0.400. The highest BCUT2D eigenvalue weighted by Gasteiger charge is 2.47. The van der Waals surface area contributed by atoms with Gasteiger partial charge in [0.15, 0.2) is 0 Å². The molecule has 4 rings (SSSR count). The topological polar surface area (TPSA) is 155 Å². The molecule has 2 aliphatic rings. The lowest BCUT2D eigenvalue weighted by molar-refractivity contribution is -0.384. The van der Waals surface area contributed by atoms with Crippen LogP contribution in [0.5, 0.6) is 0 Å². The standard InChI is InChI=1S/C25H28N4O8/c1-14-18(15(2)26-20(14)25(33)36-3)22(30)19-21(16-5-4-6-17(13-16)29(34)35)28(24(32)23(19)31)8-7-27-9-11-37-12-10-27/h4-6,13,21,26,30H,7-12H2,1-3H3/b22-19+/t21-/m0/s1. The lowest BCUT2D eigenvalue weighted by Crippen LogP contribution is -2.42. The average Bonchev–Trinajstić information content (AvgIpc) is 3.34. The summed E-state index contributed by atoms with van der Waals surface area (Å²) in [5.74, 6) is -2.84. The first-order valence-corrected chi connectivity index (χ1v) is 11.8. The molecule has 2 fully saturated rings. The van der Waals surface area contributed by atoms with Crippen LogP contribution in [-0.2, 0) is 19.1 Å². The van der Waals surface area contributed by atoms with Crippen molar-refractivity contribution in [2.24, 2.45) is 0 Å². The molecule has 196 valence electrons. The molecule has 0 unspecified atom stereocenters. The Labute approximate surface area is 212 Å². The molecule has 0 radical (unpaired) electrons. The van der Waals surface area contributed by atoms with Crippen molar-refractivity contribution in [2.75, 3.05) is 46.5 Å². The molecule has 12 nitrogen and oxygen atoms in total. The molecule has 3 heterocycles. The molecule has 1 atom stereocenters. The number of H-pyrrole nitrogens is 1. The summed E-state index contributed by atoms with van der Waals surface area (Å²) in [5.41, 5.74) is 0.951. The minimum Gasteiger partial charge on any atom is -0.507 e. The van der Waals surface area contributed by atoms with Gasteiger partial charge in [-0.3, -0.25) is 24.6 Å². The first-order valence-electron chi connectivity index (χ1n) is 11.8. The van der Waals surface area contributed by atoms with Gasteiger partial charge in [0.2, 0.25) is 0 Å². The molecule has 0 aliphatic carbocycles. The minimum absolute atomic E-state index is 0.106. The molecule has 0 spiro atoms. The van der Waals surface area contributed by atoms with Crippen LogP contribution in [0.15, 0.2) is 29.8 Å². The zero-order valence-electron chi connectivity index (χ0n) is 20.8. The number of likely N-dealkylation sites (tertiary alicyclic amines) is 1. The molecule has 12 heteroatoms. The van der Waals surface area contributed by atoms with Crippen molar-refractivity contribution < 1.29 is 33.9 Å². The van der Waals surface area contributed by atoms with E-state index >= 15 is 0 Å². The number of Topliss-reactive ketones (excluding diaryl/α,β-unsaturated/α-hetero) is 1. The molecule has 2 aromatic rings. The van der Waals surface area contributed by atoms with E-state index in [-0.39, 0.29) is 29.1 Å². The summed E-state index contributed by atoms with van der Waals surface area (Å²) < 4.78 is 10.2. The first-order chi connectivity index (χ1) is 17.6. The number of aliphatic hydroxyl groups is 1. The van der Waals surface area contributed by atoms with Gasteiger partial charge >= 0.3 is 5.97 Å². The number of carbonyl (C=O) groups is 3. The Bertz CT molecular complexity index is 1290. The first kappa shape index (κ1) is 26.0. The Balaban J connectivity index is 1.84. The van der Waals surface area contributed by atoms with Crippen LogP contribution < -0.4 is 0 Å². The van der Waals surface area contributed by atoms with Crippen molar-refractivity contribution in [1.29, 1.82) is 0 Å². The Morgan fingerprint density at radius 2 is 1.95 bits per heavy atom. The fourth-order valence-electron chi connectivity index (χ4n) is 4.89. The number of ketones is 1. The minimum atomic E-state index is -1.06. The van der Waals surface area contributed by atoms with E-state index in [4.69, 9.17) is 9.47 Å². The summed E-state index contributed by atoms with van der Waals surface area (Å²) in [6.45, 7) is 6.27. The molecule has 37 heavy (non-hydrogen) atoms. The highest BCUT2D eigenvalue weighted by atomic mass is 16.6. The summed E-state index contributed by atoms with van der Waals surface area (Å²) >= 11 is 0. The second-order valence-corrected chi connectivity index (χ2v) is 8.92. The number of ether oxygens (including phenoxy) is 2. The Hall–Kier alpha value is -4.03. The maximum absolute atomic E-state index is 13.3. The number of rotatable bonds is 7. The highest BCUT2D eigenvalue weighted by molar-refractivity contribution is 6.46. The third-order valence-corrected chi connectivity index (χ3v) is 6.76. The van der Waals surface area contributed by atoms with E-state index in [0.29, 0.717) is 49.7 Å². The monoisotopic (exact) mass is 512 g/mol. The van der Waals surface area contributed by atoms with Crippen molar-refractivity contribution in [1.82, 2.24) is 14.8 Å². The number of aliphatic hydroxyl groups excluding tert-OH is 1. The summed E-state index contributed by atoms with van der Waals surface area (Å²) in [6.07, 6.45) is 0. The van der Waals surface area contributed by atoms with Crippen LogP contribution >= 0.6 is 0 Å². The molecular weight excluding hydrogens is 484 g/mol. The van der Waals surface area contributed by atoms with Gasteiger partial charge < -0.3 is 24.5 Å². The number of nitro groups is 1. The van der Waals surface area contributed by atoms with E-state index in [1.165, 1.54) is 30.2 Å². The van der Waals surface area contributed by atoms with Gasteiger partial charge in [0.05, 0.1) is 36.9 Å². The maximum Gasteiger partial charge on any atom is 0.354 e. The molecule has 1 aromatic heterocycles.